The van der Waals surface area contributed by atoms with Crippen LogP contribution in [-0.2, 0) is 0 Å². The van der Waals surface area contributed by atoms with E-state index in [-0.39, 0.29) is 0 Å². The van der Waals surface area contributed by atoms with E-state index in [0.29, 0.717) is 0 Å². The van der Waals surface area contributed by atoms with Gasteiger partial charge in [-0.05, 0) is 246 Å². The summed E-state index contributed by atoms with van der Waals surface area (Å²) < 4.78 is 4.88. The minimum absolute atomic E-state index is 1.09. The lowest BCUT2D eigenvalue weighted by atomic mass is 9.97. The first-order valence-electron chi connectivity index (χ1n) is 42.0. The van der Waals surface area contributed by atoms with Crippen molar-refractivity contribution in [2.75, 3.05) is 9.80 Å². The Hall–Kier alpha value is -15.9. The van der Waals surface area contributed by atoms with Gasteiger partial charge in [-0.15, -0.1) is 0 Å². The molecule has 4 heteroatoms. The van der Waals surface area contributed by atoms with E-state index in [1.807, 2.05) is 0 Å². The van der Waals surface area contributed by atoms with Gasteiger partial charge in [0.2, 0.25) is 0 Å². The number of aryl methyl sites for hydroxylation is 2. The predicted molar refractivity (Wildman–Crippen MR) is 519 cm³/mol. The third-order valence-electron chi connectivity index (χ3n) is 24.1. The predicted octanol–water partition coefficient (Wildman–Crippen LogP) is 32.8. The maximum Gasteiger partial charge on any atom is 0.0625 e. The fourth-order valence-electron chi connectivity index (χ4n) is 18.0. The van der Waals surface area contributed by atoms with Crippen LogP contribution in [0.25, 0.3) is 166 Å². The van der Waals surface area contributed by atoms with Crippen molar-refractivity contribution in [3.63, 3.8) is 0 Å². The fourth-order valence-corrected chi connectivity index (χ4v) is 18.0. The Morgan fingerprint density at radius 2 is 0.393 bits per heavy atom. The molecule has 2 heterocycles. The van der Waals surface area contributed by atoms with Gasteiger partial charge in [-0.25, -0.2) is 0 Å². The van der Waals surface area contributed by atoms with Gasteiger partial charge in [0.05, 0.1) is 22.1 Å². The van der Waals surface area contributed by atoms with Crippen LogP contribution in [0.2, 0.25) is 0 Å². The summed E-state index contributed by atoms with van der Waals surface area (Å²) in [4.78, 5) is 4.70. The molecule has 0 bridgehead atoms. The SMILES string of the molecule is Cc1ccc2c(c1)c1cc(C)ccc1n2-c1cccc(-c2ccc(N(c3ccc(-c4ccccc4)cc3)c3ccc(-c4ccc(-c5ccccc5)cc4)cc3)cc2)c1.c1ccc(-c2ccc(-c3ccc(N(c4ccc(-c5ccccc5)cc4)c4ccc(-c5cccc(-n6c7ccccc7c7c8ccccc8c8ccccc8c76)c5)cc4)cc3)cc2)cc1. The second-order valence-corrected chi connectivity index (χ2v) is 31.7. The Kier molecular flexibility index (Phi) is 19.5. The number of hydrogen-bond donors (Lipinski definition) is 0. The zero-order valence-electron chi connectivity index (χ0n) is 67.8. The third kappa shape index (κ3) is 14.2. The van der Waals surface area contributed by atoms with E-state index < -0.39 is 0 Å². The van der Waals surface area contributed by atoms with Gasteiger partial charge in [0, 0.05) is 72.4 Å². The highest BCUT2D eigenvalue weighted by molar-refractivity contribution is 6.32. The van der Waals surface area contributed by atoms with Crippen LogP contribution in [0, 0.1) is 13.8 Å². The van der Waals surface area contributed by atoms with Crippen LogP contribution in [0.5, 0.6) is 0 Å². The van der Waals surface area contributed by atoms with Gasteiger partial charge in [-0.3, -0.25) is 0 Å². The van der Waals surface area contributed by atoms with E-state index in [1.165, 1.54) is 160 Å². The van der Waals surface area contributed by atoms with Crippen molar-refractivity contribution in [3.05, 3.63) is 484 Å². The quantitative estimate of drug-likeness (QED) is 0.0897. The molecule has 0 radical (unpaired) electrons. The second-order valence-electron chi connectivity index (χ2n) is 31.7. The third-order valence-corrected chi connectivity index (χ3v) is 24.1. The summed E-state index contributed by atoms with van der Waals surface area (Å²) in [7, 11) is 0. The Balaban J connectivity index is 0.000000151. The number of para-hydroxylation sites is 1. The van der Waals surface area contributed by atoms with E-state index in [1.54, 1.807) is 0 Å². The molecule has 0 unspecified atom stereocenters. The molecule has 0 saturated heterocycles. The molecular weight excluding hydrogens is 1470 g/mol. The van der Waals surface area contributed by atoms with Gasteiger partial charge >= 0.3 is 0 Å². The fraction of sp³-hybridized carbons (Fsp3) is 0.0169. The lowest BCUT2D eigenvalue weighted by Crippen LogP contribution is -2.09. The molecule has 0 aliphatic carbocycles. The minimum atomic E-state index is 1.09. The Labute approximate surface area is 711 Å². The first-order valence-corrected chi connectivity index (χ1v) is 42.0. The molecule has 122 heavy (non-hydrogen) atoms. The van der Waals surface area contributed by atoms with Crippen LogP contribution in [0.15, 0.2) is 473 Å². The van der Waals surface area contributed by atoms with Crippen LogP contribution in [-0.4, -0.2) is 9.13 Å². The molecule has 4 nitrogen and oxygen atoms in total. The second kappa shape index (κ2) is 32.2. The molecule has 0 aliphatic heterocycles. The number of nitrogens with zero attached hydrogens (tertiary/aromatic N) is 4. The summed E-state index contributed by atoms with van der Waals surface area (Å²) in [6.45, 7) is 4.34. The first kappa shape index (κ1) is 73.7. The zero-order valence-corrected chi connectivity index (χ0v) is 67.8. The highest BCUT2D eigenvalue weighted by atomic mass is 15.1. The van der Waals surface area contributed by atoms with Gasteiger partial charge < -0.3 is 18.9 Å². The maximum atomic E-state index is 2.47. The van der Waals surface area contributed by atoms with Gasteiger partial charge in [0.25, 0.3) is 0 Å². The number of anilines is 6. The van der Waals surface area contributed by atoms with Crippen molar-refractivity contribution in [1.29, 1.82) is 0 Å². The van der Waals surface area contributed by atoms with Crippen LogP contribution < -0.4 is 9.80 Å². The number of aromatic nitrogens is 2. The van der Waals surface area contributed by atoms with Crippen LogP contribution >= 0.6 is 0 Å². The molecule has 22 aromatic rings. The molecule has 576 valence electrons. The van der Waals surface area contributed by atoms with Crippen LogP contribution in [0.3, 0.4) is 0 Å². The number of benzene rings is 20. The monoisotopic (exact) mass is 1560 g/mol. The van der Waals surface area contributed by atoms with E-state index in [2.05, 4.69) is 506 Å². The van der Waals surface area contributed by atoms with Gasteiger partial charge in [0.15, 0.2) is 0 Å². The molecule has 2 aromatic heterocycles. The molecule has 22 rings (SSSR count). The summed E-state index contributed by atoms with van der Waals surface area (Å²) in [6, 6.07) is 172. The van der Waals surface area contributed by atoms with Crippen molar-refractivity contribution in [2.45, 2.75) is 13.8 Å². The minimum Gasteiger partial charge on any atom is -0.311 e. The summed E-state index contributed by atoms with van der Waals surface area (Å²) in [5.74, 6) is 0. The highest BCUT2D eigenvalue weighted by Crippen LogP contribution is 2.46. The summed E-state index contributed by atoms with van der Waals surface area (Å²) in [5, 5.41) is 10.2. The maximum absolute atomic E-state index is 2.47. The van der Waals surface area contributed by atoms with Crippen molar-refractivity contribution < 1.29 is 0 Å². The van der Waals surface area contributed by atoms with Gasteiger partial charge in [0.1, 0.15) is 0 Å². The van der Waals surface area contributed by atoms with E-state index in [4.69, 9.17) is 0 Å². The number of rotatable bonds is 16. The largest absolute Gasteiger partial charge is 0.311 e. The Morgan fingerprint density at radius 1 is 0.156 bits per heavy atom. The highest BCUT2D eigenvalue weighted by Gasteiger charge is 2.22. The number of fused-ring (bicyclic) bond motifs is 11. The average molecular weight is 1560 g/mol. The van der Waals surface area contributed by atoms with E-state index >= 15 is 0 Å². The van der Waals surface area contributed by atoms with Crippen molar-refractivity contribution in [2.24, 2.45) is 0 Å². The summed E-state index contributed by atoms with van der Waals surface area (Å²) in [6.07, 6.45) is 0. The number of hydrogen-bond acceptors (Lipinski definition) is 2. The summed E-state index contributed by atoms with van der Waals surface area (Å²) in [5.41, 5.74) is 35.5. The van der Waals surface area contributed by atoms with Crippen molar-refractivity contribution in [3.8, 4) is 100 Å². The lowest BCUT2D eigenvalue weighted by molar-refractivity contribution is 1.18. The van der Waals surface area contributed by atoms with E-state index in [0.717, 1.165) is 51.1 Å². The smallest absolute Gasteiger partial charge is 0.0625 e. The van der Waals surface area contributed by atoms with E-state index in [9.17, 15) is 0 Å². The molecule has 0 aliphatic rings. The molecule has 20 aromatic carbocycles. The molecule has 0 saturated carbocycles. The topological polar surface area (TPSA) is 16.3 Å². The normalized spacial score (nSPS) is 11.4. The van der Waals surface area contributed by atoms with Crippen LogP contribution in [0.1, 0.15) is 11.1 Å². The van der Waals surface area contributed by atoms with Gasteiger partial charge in [-0.1, -0.05) is 357 Å². The van der Waals surface area contributed by atoms with Crippen LogP contribution in [0.4, 0.5) is 34.1 Å². The first-order chi connectivity index (χ1) is 60.3. The average Bonchev–Trinajstić information content (AvgIpc) is 1.43. The standard InChI is InChI=1S/C62H42N2.C56H42N2/c1-3-14-43(15-4-1)45-26-28-46(29-27-45)48-32-38-52(39-33-48)63(51-36-30-47(31-37-51)44-16-5-2-6-17-44)53-40-34-49(35-41-53)50-18-13-19-54(42-50)64-60-25-12-11-24-59(60)61-57-22-9-7-20-55(57)56-21-8-10-23-58(56)62(61)64;1-39-16-34-55-53(36-39)54-37-40(2)17-35-56(54)58(55)52-15-9-14-48(38-52)47-26-32-51(33-27-47)57(49-28-22-45(23-29-49)42-12-7-4-8-13-42)50-30-24-46(25-31-50)44-20-18-43(19-21-44)41-10-5-3-6-11-41/h1-42H;3-38H,1-2H3. The molecule has 0 atom stereocenters. The molecule has 0 fully saturated rings. The Morgan fingerprint density at radius 3 is 0.730 bits per heavy atom. The Bertz CT molecular complexity index is 7470. The molecule has 0 N–H and O–H groups in total. The summed E-state index contributed by atoms with van der Waals surface area (Å²) >= 11 is 0. The van der Waals surface area contributed by atoms with Gasteiger partial charge in [-0.2, -0.15) is 0 Å². The molecular formula is C118H84N4. The zero-order chi connectivity index (χ0) is 81.4. The molecule has 0 amide bonds. The molecule has 0 spiro atoms. The van der Waals surface area contributed by atoms with Crippen molar-refractivity contribution >= 4 is 99.3 Å². The lowest BCUT2D eigenvalue weighted by Gasteiger charge is -2.26. The van der Waals surface area contributed by atoms with Crippen molar-refractivity contribution in [1.82, 2.24) is 9.13 Å².